The molecule has 1 aliphatic heterocycles. The van der Waals surface area contributed by atoms with Gasteiger partial charge in [-0.3, -0.25) is 4.79 Å². The van der Waals surface area contributed by atoms with Crippen molar-refractivity contribution >= 4 is 29.4 Å². The predicted molar refractivity (Wildman–Crippen MR) is 103 cm³/mol. The minimum atomic E-state index is -0.600. The van der Waals surface area contributed by atoms with E-state index in [4.69, 9.17) is 21.1 Å². The van der Waals surface area contributed by atoms with E-state index in [0.717, 1.165) is 5.56 Å². The number of benzene rings is 1. The number of piperazine rings is 1. The minimum absolute atomic E-state index is 0.232. The first kappa shape index (κ1) is 19.9. The number of halogens is 1. The van der Waals surface area contributed by atoms with Gasteiger partial charge >= 0.3 is 5.97 Å². The number of carbonyl (C=O) groups excluding carboxylic acids is 2. The van der Waals surface area contributed by atoms with Crippen molar-refractivity contribution < 1.29 is 19.1 Å². The van der Waals surface area contributed by atoms with Crippen molar-refractivity contribution in [3.05, 3.63) is 47.2 Å². The molecule has 1 aromatic carbocycles. The Balaban J connectivity index is 1.38. The summed E-state index contributed by atoms with van der Waals surface area (Å²) in [6.07, 6.45) is 3.37. The molecule has 28 heavy (non-hydrogen) atoms. The van der Waals surface area contributed by atoms with Crippen molar-refractivity contribution in [3.63, 3.8) is 0 Å². The van der Waals surface area contributed by atoms with E-state index in [0.29, 0.717) is 42.9 Å². The molecule has 1 saturated heterocycles. The Morgan fingerprint density at radius 2 is 1.82 bits per heavy atom. The highest BCUT2D eigenvalue weighted by molar-refractivity contribution is 6.31. The van der Waals surface area contributed by atoms with Gasteiger partial charge in [-0.15, -0.1) is 0 Å². The second-order valence-corrected chi connectivity index (χ2v) is 6.68. The lowest BCUT2D eigenvalue weighted by Gasteiger charge is -2.34. The molecule has 0 aliphatic carbocycles. The standard InChI is InChI=1S/C19H21ClN4O4/c1-14-11-15(3-4-16(14)20)27-13-18(26)28-12-17(25)23-7-9-24(10-8-23)19-21-5-2-6-22-19/h2-6,11H,7-10,12-13H2,1H3. The van der Waals surface area contributed by atoms with Gasteiger partial charge in [-0.25, -0.2) is 14.8 Å². The molecule has 1 aliphatic rings. The van der Waals surface area contributed by atoms with Gasteiger partial charge in [-0.05, 0) is 36.8 Å². The number of aromatic nitrogens is 2. The molecule has 1 aromatic heterocycles. The van der Waals surface area contributed by atoms with Gasteiger partial charge in [0.05, 0.1) is 0 Å². The van der Waals surface area contributed by atoms with Gasteiger partial charge in [0.25, 0.3) is 5.91 Å². The Morgan fingerprint density at radius 3 is 2.50 bits per heavy atom. The van der Waals surface area contributed by atoms with Crippen molar-refractivity contribution in [1.82, 2.24) is 14.9 Å². The molecular formula is C19H21ClN4O4. The van der Waals surface area contributed by atoms with Crippen molar-refractivity contribution in [2.24, 2.45) is 0 Å². The molecule has 2 heterocycles. The number of rotatable bonds is 6. The van der Waals surface area contributed by atoms with E-state index in [-0.39, 0.29) is 19.1 Å². The molecule has 1 amide bonds. The van der Waals surface area contributed by atoms with E-state index in [1.807, 2.05) is 11.8 Å². The zero-order valence-electron chi connectivity index (χ0n) is 15.5. The SMILES string of the molecule is Cc1cc(OCC(=O)OCC(=O)N2CCN(c3ncccn3)CC2)ccc1Cl. The summed E-state index contributed by atoms with van der Waals surface area (Å²) in [6.45, 7) is 3.57. The van der Waals surface area contributed by atoms with Crippen molar-refractivity contribution in [2.45, 2.75) is 6.92 Å². The molecule has 0 radical (unpaired) electrons. The van der Waals surface area contributed by atoms with Crippen molar-refractivity contribution in [1.29, 1.82) is 0 Å². The molecule has 0 saturated carbocycles. The Morgan fingerprint density at radius 1 is 1.11 bits per heavy atom. The predicted octanol–water partition coefficient (Wildman–Crippen LogP) is 1.71. The first-order valence-electron chi connectivity index (χ1n) is 8.87. The summed E-state index contributed by atoms with van der Waals surface area (Å²) < 4.78 is 10.4. The number of aryl methyl sites for hydroxylation is 1. The van der Waals surface area contributed by atoms with E-state index in [1.165, 1.54) is 0 Å². The summed E-state index contributed by atoms with van der Waals surface area (Å²) in [5.41, 5.74) is 0.850. The van der Waals surface area contributed by atoms with Crippen LogP contribution in [0.1, 0.15) is 5.56 Å². The van der Waals surface area contributed by atoms with Gasteiger partial charge in [-0.1, -0.05) is 11.6 Å². The first-order chi connectivity index (χ1) is 13.5. The summed E-state index contributed by atoms with van der Waals surface area (Å²) in [6, 6.07) is 6.86. The zero-order chi connectivity index (χ0) is 19.9. The van der Waals surface area contributed by atoms with E-state index < -0.39 is 5.97 Å². The lowest BCUT2D eigenvalue weighted by atomic mass is 10.2. The van der Waals surface area contributed by atoms with Crippen molar-refractivity contribution in [2.75, 3.05) is 44.3 Å². The number of ether oxygens (including phenoxy) is 2. The topological polar surface area (TPSA) is 84.9 Å². The average molecular weight is 405 g/mol. The summed E-state index contributed by atoms with van der Waals surface area (Å²) in [5, 5.41) is 0.624. The third-order valence-corrected chi connectivity index (χ3v) is 4.73. The highest BCUT2D eigenvalue weighted by Crippen LogP contribution is 2.21. The number of amides is 1. The Hall–Kier alpha value is -2.87. The van der Waals surface area contributed by atoms with Gasteiger partial charge in [0.15, 0.2) is 13.2 Å². The van der Waals surface area contributed by atoms with Gasteiger partial charge in [0.1, 0.15) is 5.75 Å². The van der Waals surface area contributed by atoms with Crippen LogP contribution in [0.4, 0.5) is 5.95 Å². The smallest absolute Gasteiger partial charge is 0.344 e. The molecule has 3 rings (SSSR count). The highest BCUT2D eigenvalue weighted by Gasteiger charge is 2.23. The summed E-state index contributed by atoms with van der Waals surface area (Å²) in [5.74, 6) is 0.335. The fourth-order valence-corrected chi connectivity index (χ4v) is 2.85. The molecule has 0 spiro atoms. The number of anilines is 1. The largest absolute Gasteiger partial charge is 0.482 e. The van der Waals surface area contributed by atoms with Crippen LogP contribution in [0.5, 0.6) is 5.75 Å². The fourth-order valence-electron chi connectivity index (χ4n) is 2.73. The molecule has 1 fully saturated rings. The molecule has 148 valence electrons. The van der Waals surface area contributed by atoms with Gasteiger partial charge < -0.3 is 19.3 Å². The molecule has 8 nitrogen and oxygen atoms in total. The van der Waals surface area contributed by atoms with Crippen LogP contribution >= 0.6 is 11.6 Å². The van der Waals surface area contributed by atoms with Crippen LogP contribution in [0.2, 0.25) is 5.02 Å². The Kier molecular flexibility index (Phi) is 6.65. The molecule has 0 unspecified atom stereocenters. The minimum Gasteiger partial charge on any atom is -0.482 e. The third-order valence-electron chi connectivity index (χ3n) is 4.31. The maximum absolute atomic E-state index is 12.2. The van der Waals surface area contributed by atoms with Crippen LogP contribution in [0, 0.1) is 6.92 Å². The van der Waals surface area contributed by atoms with Gasteiger partial charge in [-0.2, -0.15) is 0 Å². The maximum Gasteiger partial charge on any atom is 0.344 e. The van der Waals surface area contributed by atoms with Crippen molar-refractivity contribution in [3.8, 4) is 5.75 Å². The van der Waals surface area contributed by atoms with Crippen LogP contribution in [0.25, 0.3) is 0 Å². The first-order valence-corrected chi connectivity index (χ1v) is 9.25. The Bertz CT molecular complexity index is 826. The van der Waals surface area contributed by atoms with Crippen LogP contribution in [0.15, 0.2) is 36.7 Å². The molecule has 0 bridgehead atoms. The van der Waals surface area contributed by atoms with Gasteiger partial charge in [0, 0.05) is 43.6 Å². The average Bonchev–Trinajstić information content (AvgIpc) is 2.73. The quantitative estimate of drug-likeness (QED) is 0.677. The normalized spacial score (nSPS) is 13.9. The summed E-state index contributed by atoms with van der Waals surface area (Å²) >= 11 is 5.95. The molecule has 9 heteroatoms. The van der Waals surface area contributed by atoms with Crippen LogP contribution < -0.4 is 9.64 Å². The number of hydrogen-bond donors (Lipinski definition) is 0. The number of carbonyl (C=O) groups is 2. The Labute approximate surface area is 168 Å². The second kappa shape index (κ2) is 9.36. The maximum atomic E-state index is 12.2. The van der Waals surface area contributed by atoms with Crippen LogP contribution in [0.3, 0.4) is 0 Å². The van der Waals surface area contributed by atoms with E-state index in [9.17, 15) is 9.59 Å². The molecule has 0 atom stereocenters. The summed E-state index contributed by atoms with van der Waals surface area (Å²) in [4.78, 5) is 36.2. The van der Waals surface area contributed by atoms with Gasteiger partial charge in [0.2, 0.25) is 5.95 Å². The summed E-state index contributed by atoms with van der Waals surface area (Å²) in [7, 11) is 0. The third kappa shape index (κ3) is 5.32. The molecule has 0 N–H and O–H groups in total. The zero-order valence-corrected chi connectivity index (χ0v) is 16.3. The molecule has 2 aromatic rings. The number of esters is 1. The number of hydrogen-bond acceptors (Lipinski definition) is 7. The van der Waals surface area contributed by atoms with E-state index in [2.05, 4.69) is 9.97 Å². The fraction of sp³-hybridized carbons (Fsp3) is 0.368. The van der Waals surface area contributed by atoms with E-state index >= 15 is 0 Å². The van der Waals surface area contributed by atoms with Crippen LogP contribution in [-0.2, 0) is 14.3 Å². The number of nitrogens with zero attached hydrogens (tertiary/aromatic N) is 4. The highest BCUT2D eigenvalue weighted by atomic mass is 35.5. The lowest BCUT2D eigenvalue weighted by molar-refractivity contribution is -0.153. The second-order valence-electron chi connectivity index (χ2n) is 6.28. The van der Waals surface area contributed by atoms with E-state index in [1.54, 1.807) is 41.6 Å². The lowest BCUT2D eigenvalue weighted by Crippen LogP contribution is -2.50. The van der Waals surface area contributed by atoms with Crippen LogP contribution in [-0.4, -0.2) is 66.1 Å². The monoisotopic (exact) mass is 404 g/mol. The molecular weight excluding hydrogens is 384 g/mol.